The fraction of sp³-hybridized carbons (Fsp3) is 0.591. The molecular weight excluding hydrogens is 640 g/mol. The second kappa shape index (κ2) is 19.5. The lowest BCUT2D eigenvalue weighted by atomic mass is 9.81. The van der Waals surface area contributed by atoms with Gasteiger partial charge >= 0.3 is 13.7 Å². The van der Waals surface area contributed by atoms with E-state index in [9.17, 15) is 28.6 Å². The van der Waals surface area contributed by atoms with Gasteiger partial charge in [-0.25, -0.2) is 4.79 Å². The zero-order chi connectivity index (χ0) is 31.9. The standard InChI is InChI=1S/C22H37BCl2N4O11P2/c1-14(2)11-18(27-19(31)13-26-20(32)16-12-15(24)3-4-17(16)25)23-40-10-7-29(5-8-30)6-9-39-21(33)28-22(41(34)35)42(36,37)38/h3-4,12,14,18,22-23,30,41H,5-11,13H2,1-2H3,(H,26,32)(H,27,31)(H,28,33)(H,34,35)(H2,36,37,38)/t18-,22?/m1/s1. The minimum Gasteiger partial charge on any atom is -0.448 e. The van der Waals surface area contributed by atoms with Crippen LogP contribution in [0.4, 0.5) is 4.79 Å². The number of benzene rings is 1. The van der Waals surface area contributed by atoms with Crippen molar-refractivity contribution in [2.75, 3.05) is 46.0 Å². The summed E-state index contributed by atoms with van der Waals surface area (Å²) in [7, 11) is -8.67. The minimum absolute atomic E-state index is 0.120. The van der Waals surface area contributed by atoms with Gasteiger partial charge in [0.2, 0.25) is 19.5 Å². The third kappa shape index (κ3) is 15.7. The van der Waals surface area contributed by atoms with Gasteiger partial charge in [-0.05, 0) is 30.5 Å². The summed E-state index contributed by atoms with van der Waals surface area (Å²) in [6.07, 6.45) is -0.686. The molecular formula is C22H37BCl2N4O11P2. The van der Waals surface area contributed by atoms with Gasteiger partial charge in [0, 0.05) is 37.2 Å². The van der Waals surface area contributed by atoms with Crippen molar-refractivity contribution in [2.24, 2.45) is 5.92 Å². The molecule has 1 aromatic carbocycles. The Morgan fingerprint density at radius 3 is 2.38 bits per heavy atom. The van der Waals surface area contributed by atoms with Crippen molar-refractivity contribution < 1.29 is 52.7 Å². The highest BCUT2D eigenvalue weighted by Gasteiger charge is 2.35. The van der Waals surface area contributed by atoms with E-state index in [1.54, 1.807) is 10.2 Å². The average Bonchev–Trinajstić information content (AvgIpc) is 2.88. The van der Waals surface area contributed by atoms with Crippen molar-refractivity contribution in [2.45, 2.75) is 31.7 Å². The molecule has 3 amide bonds. The summed E-state index contributed by atoms with van der Waals surface area (Å²) in [6, 6.07) is 4.42. The molecule has 3 atom stereocenters. The Morgan fingerprint density at radius 2 is 1.79 bits per heavy atom. The Bertz CT molecular complexity index is 1120. The second-order valence-electron chi connectivity index (χ2n) is 9.45. The average molecular weight is 677 g/mol. The molecule has 0 saturated heterocycles. The number of carbonyl (C=O) groups excluding carboxylic acids is 3. The molecule has 1 aromatic rings. The fourth-order valence-corrected chi connectivity index (χ4v) is 5.59. The maximum Gasteiger partial charge on any atom is 0.408 e. The van der Waals surface area contributed by atoms with Gasteiger partial charge in [-0.3, -0.25) is 28.9 Å². The highest BCUT2D eigenvalue weighted by atomic mass is 35.5. The van der Waals surface area contributed by atoms with Gasteiger partial charge in [0.25, 0.3) is 13.4 Å². The lowest BCUT2D eigenvalue weighted by molar-refractivity contribution is -0.120. The van der Waals surface area contributed by atoms with E-state index >= 15 is 0 Å². The first-order chi connectivity index (χ1) is 19.6. The topological polar surface area (TPSA) is 224 Å². The van der Waals surface area contributed by atoms with E-state index in [0.29, 0.717) is 18.0 Å². The number of nitrogens with zero attached hydrogens (tertiary/aromatic N) is 1. The molecule has 7 N–H and O–H groups in total. The number of nitrogens with one attached hydrogen (secondary N) is 3. The molecule has 0 aliphatic heterocycles. The third-order valence-electron chi connectivity index (χ3n) is 5.46. The molecule has 0 aromatic heterocycles. The van der Waals surface area contributed by atoms with Crippen LogP contribution in [-0.2, 0) is 23.3 Å². The monoisotopic (exact) mass is 676 g/mol. The quantitative estimate of drug-likeness (QED) is 0.0605. The summed E-state index contributed by atoms with van der Waals surface area (Å²) in [6.45, 7) is 4.01. The summed E-state index contributed by atoms with van der Waals surface area (Å²) < 4.78 is 32.9. The van der Waals surface area contributed by atoms with E-state index in [1.165, 1.54) is 18.2 Å². The maximum absolute atomic E-state index is 12.5. The van der Waals surface area contributed by atoms with Crippen molar-refractivity contribution in [3.8, 4) is 0 Å². The van der Waals surface area contributed by atoms with Crippen LogP contribution in [-0.4, -0.2) is 108 Å². The number of alkyl carbamates (subject to hydrolysis) is 1. The third-order valence-corrected chi connectivity index (χ3v) is 9.11. The maximum atomic E-state index is 12.5. The van der Waals surface area contributed by atoms with E-state index in [-0.39, 0.29) is 69.4 Å². The van der Waals surface area contributed by atoms with Gasteiger partial charge in [0.05, 0.1) is 23.7 Å². The zero-order valence-corrected chi connectivity index (χ0v) is 26.5. The smallest absolute Gasteiger partial charge is 0.408 e. The van der Waals surface area contributed by atoms with Crippen molar-refractivity contribution in [3.63, 3.8) is 0 Å². The van der Waals surface area contributed by atoms with Gasteiger partial charge in [0.15, 0.2) is 0 Å². The molecule has 0 radical (unpaired) electrons. The number of rotatable bonds is 19. The molecule has 238 valence electrons. The van der Waals surface area contributed by atoms with Crippen LogP contribution in [0, 0.1) is 5.92 Å². The molecule has 0 aliphatic carbocycles. The normalized spacial score (nSPS) is 13.8. The summed E-state index contributed by atoms with van der Waals surface area (Å²) in [5.74, 6) is -1.11. The van der Waals surface area contributed by atoms with Crippen LogP contribution < -0.4 is 16.0 Å². The first kappa shape index (κ1) is 38.3. The Labute approximate surface area is 254 Å². The Balaban J connectivity index is 2.50. The van der Waals surface area contributed by atoms with Crippen LogP contribution in [0.3, 0.4) is 0 Å². The molecule has 0 spiro atoms. The summed E-state index contributed by atoms with van der Waals surface area (Å²) >= 11 is 11.9. The minimum atomic E-state index is -5.06. The molecule has 20 heteroatoms. The predicted octanol–water partition coefficient (Wildman–Crippen LogP) is 0.528. The Kier molecular flexibility index (Phi) is 17.8. The van der Waals surface area contributed by atoms with E-state index in [1.807, 2.05) is 13.8 Å². The van der Waals surface area contributed by atoms with E-state index in [2.05, 4.69) is 10.6 Å². The van der Waals surface area contributed by atoms with Crippen molar-refractivity contribution in [1.29, 1.82) is 0 Å². The highest BCUT2D eigenvalue weighted by Crippen LogP contribution is 2.49. The molecule has 2 unspecified atom stereocenters. The van der Waals surface area contributed by atoms with Crippen LogP contribution in [0.1, 0.15) is 30.6 Å². The molecule has 1 rings (SSSR count). The van der Waals surface area contributed by atoms with Crippen molar-refractivity contribution in [1.82, 2.24) is 20.9 Å². The molecule has 0 heterocycles. The lowest BCUT2D eigenvalue weighted by Crippen LogP contribution is -2.46. The van der Waals surface area contributed by atoms with Crippen LogP contribution in [0.5, 0.6) is 0 Å². The number of aliphatic hydroxyl groups is 1. The van der Waals surface area contributed by atoms with Crippen LogP contribution in [0.2, 0.25) is 10.0 Å². The first-order valence-electron chi connectivity index (χ1n) is 12.8. The number of ether oxygens (including phenoxy) is 1. The Morgan fingerprint density at radius 1 is 1.12 bits per heavy atom. The molecule has 15 nitrogen and oxygen atoms in total. The van der Waals surface area contributed by atoms with Crippen molar-refractivity contribution in [3.05, 3.63) is 33.8 Å². The molecule has 0 saturated carbocycles. The van der Waals surface area contributed by atoms with E-state index in [4.69, 9.17) is 47.3 Å². The molecule has 42 heavy (non-hydrogen) atoms. The number of halogens is 2. The first-order valence-corrected chi connectivity index (χ1v) is 16.7. The van der Waals surface area contributed by atoms with Crippen molar-refractivity contribution >= 4 is 64.2 Å². The summed E-state index contributed by atoms with van der Waals surface area (Å²) in [5, 5.41) is 16.8. The second-order valence-corrected chi connectivity index (χ2v) is 13.7. The van der Waals surface area contributed by atoms with Gasteiger partial charge in [-0.15, -0.1) is 0 Å². The van der Waals surface area contributed by atoms with Crippen LogP contribution in [0.25, 0.3) is 0 Å². The van der Waals surface area contributed by atoms with Gasteiger partial charge < -0.3 is 39.8 Å². The van der Waals surface area contributed by atoms with E-state index < -0.39 is 39.1 Å². The SMILES string of the molecule is CC(C)C[C@H](BOCCN(CCO)CCOC(=O)NC([PH](=O)O)P(=O)(O)O)NC(=O)CNC(=O)c1cc(Cl)ccc1Cl. The number of hydrogen-bond donors (Lipinski definition) is 7. The largest absolute Gasteiger partial charge is 0.448 e. The summed E-state index contributed by atoms with van der Waals surface area (Å²) in [5.41, 5.74) is -2.11. The fourth-order valence-electron chi connectivity index (χ4n) is 3.55. The van der Waals surface area contributed by atoms with Gasteiger partial charge in [0.1, 0.15) is 6.61 Å². The predicted molar refractivity (Wildman–Crippen MR) is 158 cm³/mol. The summed E-state index contributed by atoms with van der Waals surface area (Å²) in [4.78, 5) is 65.5. The number of carbonyl (C=O) groups is 3. The molecule has 0 aliphatic rings. The Hall–Kier alpha value is -1.71. The zero-order valence-electron chi connectivity index (χ0n) is 23.1. The lowest BCUT2D eigenvalue weighted by Gasteiger charge is -2.23. The number of hydrogen-bond acceptors (Lipinski definition) is 9. The van der Waals surface area contributed by atoms with Gasteiger partial charge in [-0.2, -0.15) is 0 Å². The van der Waals surface area contributed by atoms with Crippen LogP contribution in [0.15, 0.2) is 18.2 Å². The number of amides is 3. The molecule has 0 fully saturated rings. The van der Waals surface area contributed by atoms with E-state index in [0.717, 1.165) is 0 Å². The van der Waals surface area contributed by atoms with Crippen LogP contribution >= 0.6 is 38.8 Å². The highest BCUT2D eigenvalue weighted by molar-refractivity contribution is 7.65. The number of aliphatic hydroxyl groups excluding tert-OH is 1. The van der Waals surface area contributed by atoms with Gasteiger partial charge in [-0.1, -0.05) is 37.0 Å². The molecule has 0 bridgehead atoms.